The average molecular weight is 835 g/mol. The molecule has 312 valence electrons. The van der Waals surface area contributed by atoms with Gasteiger partial charge >= 0.3 is 19.7 Å². The zero-order valence-corrected chi connectivity index (χ0v) is 34.3. The molecule has 2 heterocycles. The van der Waals surface area contributed by atoms with Crippen LogP contribution in [0.5, 0.6) is 17.2 Å². The van der Waals surface area contributed by atoms with E-state index in [4.69, 9.17) is 37.5 Å². The van der Waals surface area contributed by atoms with E-state index in [1.165, 1.54) is 37.6 Å². The molecule has 57 heavy (non-hydrogen) atoms. The maximum atomic E-state index is 13.9. The maximum absolute atomic E-state index is 13.9. The van der Waals surface area contributed by atoms with Crippen molar-refractivity contribution in [1.29, 1.82) is 0 Å². The van der Waals surface area contributed by atoms with Crippen molar-refractivity contribution in [3.8, 4) is 17.2 Å². The standard InChI is InChI=1S/C39H51N2O14PS/c1-26(2)22-41(57(46,47)32-17-15-29(48-4)16-18-32)23-35(42)34(40-39(44)53-36-24-51-38-33(36)19-20-50-38)21-28-11-13-30(14-12-28)52-25-56(45,54-27(3)37(43)49-5)55-31-9-7-6-8-10-31/h6-18,26-27,33-36,38,42H,19-25H2,1-5H3,(H,40,44)/t27-,33?,34+,35-,36+,38-,56?/m1/s1. The second-order valence-electron chi connectivity index (χ2n) is 14.1. The molecular weight excluding hydrogens is 783 g/mol. The van der Waals surface area contributed by atoms with Crippen LogP contribution < -0.4 is 19.3 Å². The van der Waals surface area contributed by atoms with Gasteiger partial charge < -0.3 is 43.4 Å². The Morgan fingerprint density at radius 2 is 1.61 bits per heavy atom. The average Bonchev–Trinajstić information content (AvgIpc) is 3.82. The monoisotopic (exact) mass is 834 g/mol. The lowest BCUT2D eigenvalue weighted by Gasteiger charge is -2.31. The highest BCUT2D eigenvalue weighted by molar-refractivity contribution is 7.89. The quantitative estimate of drug-likeness (QED) is 0.114. The number of ether oxygens (including phenoxy) is 6. The van der Waals surface area contributed by atoms with E-state index < -0.39 is 66.7 Å². The first-order valence-electron chi connectivity index (χ1n) is 18.5. The Morgan fingerprint density at radius 1 is 0.930 bits per heavy atom. The van der Waals surface area contributed by atoms with Crippen molar-refractivity contribution in [2.45, 2.75) is 69.2 Å². The van der Waals surface area contributed by atoms with E-state index in [1.54, 1.807) is 66.7 Å². The first-order chi connectivity index (χ1) is 27.2. The van der Waals surface area contributed by atoms with Gasteiger partial charge in [0.25, 0.3) is 0 Å². The van der Waals surface area contributed by atoms with Crippen LogP contribution in [0.25, 0.3) is 0 Å². The van der Waals surface area contributed by atoms with Crippen LogP contribution in [0.4, 0.5) is 4.79 Å². The third-order valence-electron chi connectivity index (χ3n) is 9.28. The lowest BCUT2D eigenvalue weighted by Crippen LogP contribution is -2.51. The van der Waals surface area contributed by atoms with E-state index in [1.807, 2.05) is 13.8 Å². The Labute approximate surface area is 333 Å². The van der Waals surface area contributed by atoms with E-state index in [-0.39, 0.29) is 54.3 Å². The van der Waals surface area contributed by atoms with Crippen molar-refractivity contribution < 1.29 is 65.1 Å². The number of esters is 1. The summed E-state index contributed by atoms with van der Waals surface area (Å²) in [5, 5.41) is 14.5. The van der Waals surface area contributed by atoms with Gasteiger partial charge in [-0.25, -0.2) is 22.6 Å². The molecule has 18 heteroatoms. The molecule has 0 bridgehead atoms. The molecule has 0 radical (unpaired) electrons. The van der Waals surface area contributed by atoms with Gasteiger partial charge in [-0.1, -0.05) is 44.2 Å². The number of alkyl carbamates (subject to hydrolysis) is 1. The number of rotatable bonds is 20. The Balaban J connectivity index is 1.32. The maximum Gasteiger partial charge on any atom is 0.417 e. The molecule has 1 amide bonds. The van der Waals surface area contributed by atoms with Crippen LogP contribution in [0, 0.1) is 11.8 Å². The molecule has 2 N–H and O–H groups in total. The number of amides is 1. The molecule has 2 aliphatic heterocycles. The number of methoxy groups -OCH3 is 2. The van der Waals surface area contributed by atoms with Crippen molar-refractivity contribution in [2.24, 2.45) is 11.8 Å². The zero-order chi connectivity index (χ0) is 41.2. The van der Waals surface area contributed by atoms with Crippen LogP contribution in [0.15, 0.2) is 83.8 Å². The summed E-state index contributed by atoms with van der Waals surface area (Å²) >= 11 is 0. The smallest absolute Gasteiger partial charge is 0.417 e. The van der Waals surface area contributed by atoms with Gasteiger partial charge in [-0.3, -0.25) is 4.52 Å². The molecule has 7 atom stereocenters. The summed E-state index contributed by atoms with van der Waals surface area (Å²) in [5.41, 5.74) is 0.632. The fourth-order valence-electron chi connectivity index (χ4n) is 6.36. The molecule has 0 aliphatic carbocycles. The third kappa shape index (κ3) is 12.1. The zero-order valence-electron chi connectivity index (χ0n) is 32.6. The number of nitrogens with one attached hydrogen (secondary N) is 1. The van der Waals surface area contributed by atoms with Crippen LogP contribution in [-0.2, 0) is 49.3 Å². The van der Waals surface area contributed by atoms with E-state index in [0.29, 0.717) is 24.3 Å². The fraction of sp³-hybridized carbons (Fsp3) is 0.487. The number of benzene rings is 3. The van der Waals surface area contributed by atoms with E-state index in [9.17, 15) is 27.7 Å². The summed E-state index contributed by atoms with van der Waals surface area (Å²) in [7, 11) is -5.49. The lowest BCUT2D eigenvalue weighted by molar-refractivity contribution is -0.148. The number of hydrogen-bond donors (Lipinski definition) is 2. The highest BCUT2D eigenvalue weighted by Gasteiger charge is 2.44. The van der Waals surface area contributed by atoms with Crippen LogP contribution in [0.3, 0.4) is 0 Å². The number of nitrogens with zero attached hydrogens (tertiary/aromatic N) is 1. The molecule has 2 saturated heterocycles. The topological polar surface area (TPSA) is 195 Å². The molecule has 0 saturated carbocycles. The molecule has 2 fully saturated rings. The molecular formula is C39H51N2O14PS. The van der Waals surface area contributed by atoms with Crippen molar-refractivity contribution in [3.63, 3.8) is 0 Å². The largest absolute Gasteiger partial charge is 0.497 e. The Bertz CT molecular complexity index is 1920. The van der Waals surface area contributed by atoms with Crippen molar-refractivity contribution in [2.75, 3.05) is 46.9 Å². The summed E-state index contributed by atoms with van der Waals surface area (Å²) in [6, 6.07) is 19.8. The lowest BCUT2D eigenvalue weighted by atomic mass is 10.0. The van der Waals surface area contributed by atoms with Crippen LogP contribution in [-0.4, -0.2) is 107 Å². The number of fused-ring (bicyclic) bond motifs is 1. The predicted octanol–water partition coefficient (Wildman–Crippen LogP) is 4.99. The number of aliphatic hydroxyl groups is 1. The van der Waals surface area contributed by atoms with Gasteiger partial charge in [0.05, 0.1) is 50.4 Å². The molecule has 3 aromatic rings. The number of sulfonamides is 1. The highest BCUT2D eigenvalue weighted by atomic mass is 32.2. The summed E-state index contributed by atoms with van der Waals surface area (Å²) in [6.45, 7) is 5.51. The number of carbonyl (C=O) groups is 2. The fourth-order valence-corrected chi connectivity index (χ4v) is 9.46. The van der Waals surface area contributed by atoms with Gasteiger partial charge in [0.2, 0.25) is 16.4 Å². The molecule has 0 aromatic heterocycles. The Morgan fingerprint density at radius 3 is 2.26 bits per heavy atom. The van der Waals surface area contributed by atoms with Gasteiger partial charge in [0.15, 0.2) is 12.4 Å². The summed E-state index contributed by atoms with van der Waals surface area (Å²) in [6.07, 6.45) is -4.23. The predicted molar refractivity (Wildman–Crippen MR) is 206 cm³/mol. The van der Waals surface area contributed by atoms with Gasteiger partial charge in [-0.2, -0.15) is 4.31 Å². The Kier molecular flexibility index (Phi) is 15.4. The first kappa shape index (κ1) is 43.9. The molecule has 3 aromatic carbocycles. The van der Waals surface area contributed by atoms with Crippen molar-refractivity contribution in [3.05, 3.63) is 84.4 Å². The highest BCUT2D eigenvalue weighted by Crippen LogP contribution is 2.49. The summed E-state index contributed by atoms with van der Waals surface area (Å²) in [5.74, 6) is 0.0453. The third-order valence-corrected chi connectivity index (χ3v) is 12.7. The minimum Gasteiger partial charge on any atom is -0.497 e. The minimum absolute atomic E-state index is 0.0223. The van der Waals surface area contributed by atoms with Gasteiger partial charge in [0, 0.05) is 13.1 Å². The van der Waals surface area contributed by atoms with Crippen LogP contribution in [0.1, 0.15) is 32.8 Å². The second kappa shape index (κ2) is 20.0. The number of carbonyl (C=O) groups excluding carboxylic acids is 2. The van der Waals surface area contributed by atoms with Crippen LogP contribution in [0.2, 0.25) is 0 Å². The van der Waals surface area contributed by atoms with Crippen LogP contribution >= 0.6 is 7.60 Å². The van der Waals surface area contributed by atoms with E-state index in [2.05, 4.69) is 5.32 Å². The van der Waals surface area contributed by atoms with E-state index >= 15 is 0 Å². The minimum atomic E-state index is -4.08. The molecule has 5 rings (SSSR count). The normalized spacial score (nSPS) is 20.5. The number of para-hydroxylation sites is 1. The molecule has 0 spiro atoms. The van der Waals surface area contributed by atoms with Gasteiger partial charge in [0.1, 0.15) is 23.4 Å². The van der Waals surface area contributed by atoms with Crippen molar-refractivity contribution in [1.82, 2.24) is 9.62 Å². The first-order valence-corrected chi connectivity index (χ1v) is 21.7. The van der Waals surface area contributed by atoms with Gasteiger partial charge in [-0.15, -0.1) is 0 Å². The second-order valence-corrected chi connectivity index (χ2v) is 17.9. The SMILES string of the molecule is COC(=O)[C@@H](C)OP(=O)(COc1ccc(C[C@H](NC(=O)O[C@H]2CO[C@H]3OCCC32)[C@H](O)CN(CC(C)C)S(=O)(=O)c2ccc(OC)cc2)cc1)Oc1ccccc1. The summed E-state index contributed by atoms with van der Waals surface area (Å²) in [4.78, 5) is 25.4. The molecule has 2 aliphatic rings. The van der Waals surface area contributed by atoms with Gasteiger partial charge in [-0.05, 0) is 79.8 Å². The van der Waals surface area contributed by atoms with E-state index in [0.717, 1.165) is 0 Å². The molecule has 2 unspecified atom stereocenters. The Hall–Kier alpha value is -4.22. The number of aliphatic hydroxyl groups excluding tert-OH is 1. The molecule has 16 nitrogen and oxygen atoms in total. The summed E-state index contributed by atoms with van der Waals surface area (Å²) < 4.78 is 86.6. The number of hydrogen-bond acceptors (Lipinski definition) is 14. The van der Waals surface area contributed by atoms with Crippen molar-refractivity contribution >= 4 is 29.7 Å².